The summed E-state index contributed by atoms with van der Waals surface area (Å²) in [5, 5.41) is 2.09. The number of rotatable bonds is 3. The minimum atomic E-state index is 0.262. The smallest absolute Gasteiger partial charge is 0.0795 e. The molecule has 1 atom stereocenters. The average Bonchev–Trinajstić information content (AvgIpc) is 2.63. The third-order valence-corrected chi connectivity index (χ3v) is 3.32. The molecule has 1 aromatic heterocycles. The van der Waals surface area contributed by atoms with Gasteiger partial charge in [-0.3, -0.25) is 4.90 Å². The molecule has 0 radical (unpaired) electrons. The maximum absolute atomic E-state index is 5.83. The fourth-order valence-corrected chi connectivity index (χ4v) is 2.52. The summed E-state index contributed by atoms with van der Waals surface area (Å²) in [5.41, 5.74) is 8.80. The molecular weight excluding hydrogens is 210 g/mol. The Bertz CT molecular complexity index is 270. The van der Waals surface area contributed by atoms with Crippen LogP contribution in [0.3, 0.4) is 0 Å². The van der Waals surface area contributed by atoms with E-state index in [2.05, 4.69) is 15.3 Å². The van der Waals surface area contributed by atoms with Gasteiger partial charge in [0.15, 0.2) is 0 Å². The van der Waals surface area contributed by atoms with E-state index >= 15 is 0 Å². The molecule has 4 nitrogen and oxygen atoms in total. The summed E-state index contributed by atoms with van der Waals surface area (Å²) in [6, 6.07) is 0.262. The third kappa shape index (κ3) is 2.75. The molecule has 0 spiro atoms. The molecule has 5 heteroatoms. The zero-order chi connectivity index (χ0) is 10.5. The minimum absolute atomic E-state index is 0.262. The van der Waals surface area contributed by atoms with Crippen LogP contribution in [-0.4, -0.2) is 42.7 Å². The number of ether oxygens (including phenoxy) is 1. The van der Waals surface area contributed by atoms with Gasteiger partial charge in [0.1, 0.15) is 0 Å². The molecule has 0 amide bonds. The molecule has 0 saturated carbocycles. The highest BCUT2D eigenvalue weighted by Gasteiger charge is 2.21. The molecule has 0 aliphatic carbocycles. The number of aromatic nitrogens is 1. The molecular formula is C10H17N3OS. The van der Waals surface area contributed by atoms with Gasteiger partial charge >= 0.3 is 0 Å². The largest absolute Gasteiger partial charge is 0.380 e. The van der Waals surface area contributed by atoms with Crippen LogP contribution >= 0.6 is 11.3 Å². The van der Waals surface area contributed by atoms with Crippen LogP contribution in [0.2, 0.25) is 0 Å². The van der Waals surface area contributed by atoms with Crippen LogP contribution in [0.25, 0.3) is 0 Å². The van der Waals surface area contributed by atoms with Gasteiger partial charge in [0.25, 0.3) is 0 Å². The topological polar surface area (TPSA) is 51.4 Å². The Morgan fingerprint density at radius 1 is 1.53 bits per heavy atom. The van der Waals surface area contributed by atoms with E-state index in [-0.39, 0.29) is 6.04 Å². The Labute approximate surface area is 94.1 Å². The van der Waals surface area contributed by atoms with Crippen LogP contribution in [0.15, 0.2) is 10.9 Å². The summed E-state index contributed by atoms with van der Waals surface area (Å²) in [4.78, 5) is 6.73. The molecule has 2 N–H and O–H groups in total. The first-order chi connectivity index (χ1) is 7.42. The highest BCUT2D eigenvalue weighted by Crippen LogP contribution is 2.20. The summed E-state index contributed by atoms with van der Waals surface area (Å²) in [6.45, 7) is 4.31. The van der Waals surface area contributed by atoms with Gasteiger partial charge in [-0.25, -0.2) is 4.98 Å². The SMILES string of the molecule is NCC(c1cscn1)N1CCCOCC1. The number of hydrogen-bond donors (Lipinski definition) is 1. The lowest BCUT2D eigenvalue weighted by Crippen LogP contribution is -2.35. The molecule has 1 saturated heterocycles. The van der Waals surface area contributed by atoms with Crippen LogP contribution < -0.4 is 5.73 Å². The number of hydrogen-bond acceptors (Lipinski definition) is 5. The summed E-state index contributed by atoms with van der Waals surface area (Å²) in [5.74, 6) is 0. The fourth-order valence-electron chi connectivity index (χ4n) is 1.92. The molecule has 1 fully saturated rings. The van der Waals surface area contributed by atoms with Crippen molar-refractivity contribution in [2.45, 2.75) is 12.5 Å². The van der Waals surface area contributed by atoms with E-state index in [0.29, 0.717) is 6.54 Å². The minimum Gasteiger partial charge on any atom is -0.380 e. The second-order valence-corrected chi connectivity index (χ2v) is 4.39. The van der Waals surface area contributed by atoms with Gasteiger partial charge in [0.2, 0.25) is 0 Å². The number of thiazole rings is 1. The Morgan fingerprint density at radius 3 is 3.20 bits per heavy atom. The zero-order valence-corrected chi connectivity index (χ0v) is 9.58. The number of nitrogens with zero attached hydrogens (tertiary/aromatic N) is 2. The van der Waals surface area contributed by atoms with E-state index in [1.165, 1.54) is 0 Å². The van der Waals surface area contributed by atoms with Crippen molar-refractivity contribution in [2.75, 3.05) is 32.8 Å². The van der Waals surface area contributed by atoms with Crippen LogP contribution in [0.1, 0.15) is 18.2 Å². The predicted molar refractivity (Wildman–Crippen MR) is 60.9 cm³/mol. The molecule has 0 aromatic carbocycles. The molecule has 0 bridgehead atoms. The van der Waals surface area contributed by atoms with Gasteiger partial charge in [0.05, 0.1) is 23.9 Å². The second kappa shape index (κ2) is 5.55. The Morgan fingerprint density at radius 2 is 2.47 bits per heavy atom. The molecule has 1 aliphatic rings. The molecule has 1 unspecified atom stereocenters. The van der Waals surface area contributed by atoms with Crippen molar-refractivity contribution in [1.29, 1.82) is 0 Å². The predicted octanol–water partition coefficient (Wildman–Crippen LogP) is 0.865. The Hall–Kier alpha value is -0.490. The second-order valence-electron chi connectivity index (χ2n) is 3.67. The maximum atomic E-state index is 5.83. The molecule has 2 heterocycles. The molecule has 1 aliphatic heterocycles. The van der Waals surface area contributed by atoms with Crippen molar-refractivity contribution in [3.05, 3.63) is 16.6 Å². The third-order valence-electron chi connectivity index (χ3n) is 2.71. The van der Waals surface area contributed by atoms with Gasteiger partial charge in [-0.15, -0.1) is 11.3 Å². The highest BCUT2D eigenvalue weighted by molar-refractivity contribution is 7.07. The van der Waals surface area contributed by atoms with Crippen LogP contribution in [0.4, 0.5) is 0 Å². The van der Waals surface area contributed by atoms with Gasteiger partial charge in [-0.1, -0.05) is 0 Å². The zero-order valence-electron chi connectivity index (χ0n) is 8.76. The summed E-state index contributed by atoms with van der Waals surface area (Å²) in [6.07, 6.45) is 1.08. The average molecular weight is 227 g/mol. The van der Waals surface area contributed by atoms with E-state index in [1.54, 1.807) is 11.3 Å². The maximum Gasteiger partial charge on any atom is 0.0795 e. The monoisotopic (exact) mass is 227 g/mol. The summed E-state index contributed by atoms with van der Waals surface area (Å²) in [7, 11) is 0. The standard InChI is InChI=1S/C10H17N3OS/c11-6-10(9-7-15-8-12-9)13-2-1-4-14-5-3-13/h7-8,10H,1-6,11H2. The lowest BCUT2D eigenvalue weighted by molar-refractivity contribution is 0.132. The lowest BCUT2D eigenvalue weighted by Gasteiger charge is -2.27. The van der Waals surface area contributed by atoms with Gasteiger partial charge in [0, 0.05) is 31.6 Å². The summed E-state index contributed by atoms with van der Waals surface area (Å²) >= 11 is 1.63. The van der Waals surface area contributed by atoms with Crippen LogP contribution in [0.5, 0.6) is 0 Å². The van der Waals surface area contributed by atoms with Crippen molar-refractivity contribution >= 4 is 11.3 Å². The van der Waals surface area contributed by atoms with E-state index in [0.717, 1.165) is 38.4 Å². The quantitative estimate of drug-likeness (QED) is 0.832. The molecule has 84 valence electrons. The van der Waals surface area contributed by atoms with E-state index < -0.39 is 0 Å². The Balaban J connectivity index is 2.04. The summed E-state index contributed by atoms with van der Waals surface area (Å²) < 4.78 is 5.44. The first-order valence-corrected chi connectivity index (χ1v) is 6.26. The van der Waals surface area contributed by atoms with Crippen molar-refractivity contribution < 1.29 is 4.74 Å². The van der Waals surface area contributed by atoms with Crippen LogP contribution in [0, 0.1) is 0 Å². The fraction of sp³-hybridized carbons (Fsp3) is 0.700. The molecule has 1 aromatic rings. The van der Waals surface area contributed by atoms with E-state index in [1.807, 2.05) is 5.51 Å². The van der Waals surface area contributed by atoms with Gasteiger partial charge < -0.3 is 10.5 Å². The van der Waals surface area contributed by atoms with Crippen molar-refractivity contribution in [3.8, 4) is 0 Å². The first kappa shape index (κ1) is 11.0. The first-order valence-electron chi connectivity index (χ1n) is 5.32. The van der Waals surface area contributed by atoms with Crippen molar-refractivity contribution in [2.24, 2.45) is 5.73 Å². The van der Waals surface area contributed by atoms with Crippen molar-refractivity contribution in [1.82, 2.24) is 9.88 Å². The lowest BCUT2D eigenvalue weighted by atomic mass is 10.2. The number of nitrogens with two attached hydrogens (primary N) is 1. The van der Waals surface area contributed by atoms with Gasteiger partial charge in [-0.2, -0.15) is 0 Å². The Kier molecular flexibility index (Phi) is 4.08. The normalized spacial score (nSPS) is 21.1. The van der Waals surface area contributed by atoms with Gasteiger partial charge in [-0.05, 0) is 6.42 Å². The molecule has 15 heavy (non-hydrogen) atoms. The van der Waals surface area contributed by atoms with Crippen molar-refractivity contribution in [3.63, 3.8) is 0 Å². The van der Waals surface area contributed by atoms with Crippen LogP contribution in [-0.2, 0) is 4.74 Å². The van der Waals surface area contributed by atoms with E-state index in [4.69, 9.17) is 10.5 Å². The van der Waals surface area contributed by atoms with E-state index in [9.17, 15) is 0 Å². The highest BCUT2D eigenvalue weighted by atomic mass is 32.1. The molecule has 2 rings (SSSR count).